The van der Waals surface area contributed by atoms with Gasteiger partial charge in [-0.15, -0.1) is 0 Å². The van der Waals surface area contributed by atoms with Crippen LogP contribution in [0, 0.1) is 0 Å². The lowest BCUT2D eigenvalue weighted by molar-refractivity contribution is 1.18. The third-order valence-corrected chi connectivity index (χ3v) is 5.77. The van der Waals surface area contributed by atoms with Crippen molar-refractivity contribution in [2.24, 2.45) is 0 Å². The number of hydrogen-bond donors (Lipinski definition) is 0. The largest absolute Gasteiger partial charge is 0.309 e. The molecule has 0 radical (unpaired) electrons. The summed E-state index contributed by atoms with van der Waals surface area (Å²) >= 11 is 7.23. The lowest BCUT2D eigenvalue weighted by atomic mass is 10.1. The number of aromatic nitrogens is 2. The van der Waals surface area contributed by atoms with Gasteiger partial charge in [0.1, 0.15) is 0 Å². The second kappa shape index (κ2) is 6.63. The number of rotatable bonds is 2. The first-order valence-electron chi connectivity index (χ1n) is 8.61. The van der Waals surface area contributed by atoms with Crippen LogP contribution < -0.4 is 0 Å². The molecule has 0 aliphatic heterocycles. The van der Waals surface area contributed by atoms with Crippen LogP contribution in [0.1, 0.15) is 0 Å². The SMILES string of the molecule is Brc1ccc2c(c1)c1cc(Br)ccc1n2-c1cccc(-c2cccnc2)c1. The van der Waals surface area contributed by atoms with Crippen molar-refractivity contribution in [3.05, 3.63) is 94.1 Å². The number of fused-ring (bicyclic) bond motifs is 3. The average molecular weight is 478 g/mol. The van der Waals surface area contributed by atoms with E-state index >= 15 is 0 Å². The maximum absolute atomic E-state index is 4.26. The Hall–Kier alpha value is -2.43. The molecule has 0 amide bonds. The summed E-state index contributed by atoms with van der Waals surface area (Å²) in [6, 6.07) is 25.6. The normalized spacial score (nSPS) is 11.3. The van der Waals surface area contributed by atoms with Crippen molar-refractivity contribution in [3.63, 3.8) is 0 Å². The highest BCUT2D eigenvalue weighted by atomic mass is 79.9. The van der Waals surface area contributed by atoms with Gasteiger partial charge < -0.3 is 4.57 Å². The molecule has 0 saturated carbocycles. The molecule has 0 saturated heterocycles. The van der Waals surface area contributed by atoms with E-state index in [2.05, 4.69) is 108 Å². The van der Waals surface area contributed by atoms with E-state index in [1.54, 1.807) is 6.20 Å². The van der Waals surface area contributed by atoms with Crippen LogP contribution in [-0.2, 0) is 0 Å². The Kier molecular flexibility index (Phi) is 4.10. The van der Waals surface area contributed by atoms with Gasteiger partial charge in [-0.25, -0.2) is 0 Å². The standard InChI is InChI=1S/C23H14Br2N2/c24-17-6-8-22-20(12-17)21-13-18(25)7-9-23(21)27(22)19-5-1-3-15(11-19)16-4-2-10-26-14-16/h1-14H. The van der Waals surface area contributed by atoms with Crippen LogP contribution in [0.4, 0.5) is 0 Å². The zero-order valence-electron chi connectivity index (χ0n) is 14.2. The van der Waals surface area contributed by atoms with Crippen LogP contribution in [0.3, 0.4) is 0 Å². The first-order valence-corrected chi connectivity index (χ1v) is 10.2. The van der Waals surface area contributed by atoms with Gasteiger partial charge in [-0.3, -0.25) is 4.98 Å². The maximum atomic E-state index is 4.26. The molecule has 3 aromatic carbocycles. The summed E-state index contributed by atoms with van der Waals surface area (Å²) in [5.74, 6) is 0. The second-order valence-corrected chi connectivity index (χ2v) is 8.28. The van der Waals surface area contributed by atoms with Crippen molar-refractivity contribution >= 4 is 53.7 Å². The van der Waals surface area contributed by atoms with Gasteiger partial charge in [0.25, 0.3) is 0 Å². The lowest BCUT2D eigenvalue weighted by Crippen LogP contribution is -1.94. The first kappa shape index (κ1) is 16.7. The van der Waals surface area contributed by atoms with Gasteiger partial charge in [0.05, 0.1) is 11.0 Å². The molecule has 27 heavy (non-hydrogen) atoms. The minimum absolute atomic E-state index is 1.08. The van der Waals surface area contributed by atoms with Gasteiger partial charge in [-0.1, -0.05) is 50.1 Å². The molecule has 0 fully saturated rings. The number of hydrogen-bond acceptors (Lipinski definition) is 1. The van der Waals surface area contributed by atoms with Crippen LogP contribution in [-0.4, -0.2) is 9.55 Å². The molecule has 4 heteroatoms. The van der Waals surface area contributed by atoms with Gasteiger partial charge in [-0.2, -0.15) is 0 Å². The van der Waals surface area contributed by atoms with E-state index < -0.39 is 0 Å². The van der Waals surface area contributed by atoms with Crippen molar-refractivity contribution in [2.45, 2.75) is 0 Å². The monoisotopic (exact) mass is 476 g/mol. The van der Waals surface area contributed by atoms with E-state index in [1.165, 1.54) is 21.8 Å². The molecule has 0 aliphatic rings. The predicted molar refractivity (Wildman–Crippen MR) is 119 cm³/mol. The number of nitrogens with zero attached hydrogens (tertiary/aromatic N) is 2. The highest BCUT2D eigenvalue weighted by Crippen LogP contribution is 2.35. The molecular formula is C23H14Br2N2. The van der Waals surface area contributed by atoms with Crippen molar-refractivity contribution in [3.8, 4) is 16.8 Å². The minimum atomic E-state index is 1.08. The third kappa shape index (κ3) is 2.89. The lowest BCUT2D eigenvalue weighted by Gasteiger charge is -2.10. The Balaban J connectivity index is 1.83. The highest BCUT2D eigenvalue weighted by molar-refractivity contribution is 9.10. The van der Waals surface area contributed by atoms with Crippen molar-refractivity contribution < 1.29 is 0 Å². The van der Waals surface area contributed by atoms with Gasteiger partial charge in [0, 0.05) is 43.4 Å². The van der Waals surface area contributed by atoms with E-state index in [1.807, 2.05) is 12.3 Å². The summed E-state index contributed by atoms with van der Waals surface area (Å²) in [4.78, 5) is 4.26. The van der Waals surface area contributed by atoms with E-state index in [-0.39, 0.29) is 0 Å². The topological polar surface area (TPSA) is 17.8 Å². The summed E-state index contributed by atoms with van der Waals surface area (Å²) in [5.41, 5.74) is 5.79. The molecule has 0 aliphatic carbocycles. The molecule has 5 aromatic rings. The van der Waals surface area contributed by atoms with Crippen LogP contribution >= 0.6 is 31.9 Å². The molecule has 0 N–H and O–H groups in total. The minimum Gasteiger partial charge on any atom is -0.309 e. The van der Waals surface area contributed by atoms with Gasteiger partial charge in [0.15, 0.2) is 0 Å². The second-order valence-electron chi connectivity index (χ2n) is 6.45. The van der Waals surface area contributed by atoms with Gasteiger partial charge in [0.2, 0.25) is 0 Å². The van der Waals surface area contributed by atoms with Crippen molar-refractivity contribution in [2.75, 3.05) is 0 Å². The molecule has 2 heterocycles. The summed E-state index contributed by atoms with van der Waals surface area (Å²) in [6.07, 6.45) is 3.70. The van der Waals surface area contributed by atoms with E-state index in [0.29, 0.717) is 0 Å². The van der Waals surface area contributed by atoms with Crippen LogP contribution in [0.2, 0.25) is 0 Å². The molecule has 130 valence electrons. The Bertz CT molecular complexity index is 1230. The summed E-state index contributed by atoms with van der Waals surface area (Å²) < 4.78 is 4.49. The Morgan fingerprint density at radius 1 is 0.667 bits per heavy atom. The summed E-state index contributed by atoms with van der Waals surface area (Å²) in [5, 5.41) is 2.46. The number of pyridine rings is 1. The van der Waals surface area contributed by atoms with E-state index in [4.69, 9.17) is 0 Å². The summed E-state index contributed by atoms with van der Waals surface area (Å²) in [6.45, 7) is 0. The van der Waals surface area contributed by atoms with Crippen molar-refractivity contribution in [1.29, 1.82) is 0 Å². The fourth-order valence-electron chi connectivity index (χ4n) is 3.60. The number of benzene rings is 3. The first-order chi connectivity index (χ1) is 13.2. The van der Waals surface area contributed by atoms with Crippen LogP contribution in [0.25, 0.3) is 38.6 Å². The van der Waals surface area contributed by atoms with E-state index in [9.17, 15) is 0 Å². The fourth-order valence-corrected chi connectivity index (χ4v) is 4.33. The molecule has 0 spiro atoms. The quantitative estimate of drug-likeness (QED) is 0.259. The predicted octanol–water partition coefficient (Wildman–Crippen LogP) is 7.37. The molecule has 0 unspecified atom stereocenters. The molecule has 2 aromatic heterocycles. The fraction of sp³-hybridized carbons (Fsp3) is 0. The van der Waals surface area contributed by atoms with E-state index in [0.717, 1.165) is 25.8 Å². The molecule has 0 bridgehead atoms. The molecule has 2 nitrogen and oxygen atoms in total. The number of halogens is 2. The third-order valence-electron chi connectivity index (χ3n) is 4.79. The Morgan fingerprint density at radius 3 is 1.96 bits per heavy atom. The Labute approximate surface area is 173 Å². The maximum Gasteiger partial charge on any atom is 0.0541 e. The average Bonchev–Trinajstić information content (AvgIpc) is 3.02. The molecule has 5 rings (SSSR count). The zero-order chi connectivity index (χ0) is 18.4. The summed E-state index contributed by atoms with van der Waals surface area (Å²) in [7, 11) is 0. The smallest absolute Gasteiger partial charge is 0.0541 e. The molecule has 0 atom stereocenters. The van der Waals surface area contributed by atoms with Crippen molar-refractivity contribution in [1.82, 2.24) is 9.55 Å². The zero-order valence-corrected chi connectivity index (χ0v) is 17.4. The highest BCUT2D eigenvalue weighted by Gasteiger charge is 2.13. The van der Waals surface area contributed by atoms with Gasteiger partial charge in [-0.05, 0) is 60.2 Å². The van der Waals surface area contributed by atoms with Crippen LogP contribution in [0.5, 0.6) is 0 Å². The Morgan fingerprint density at radius 2 is 1.33 bits per heavy atom. The van der Waals surface area contributed by atoms with Crippen LogP contribution in [0.15, 0.2) is 94.1 Å². The van der Waals surface area contributed by atoms with Gasteiger partial charge >= 0.3 is 0 Å². The molecular weight excluding hydrogens is 464 g/mol.